The Labute approximate surface area is 134 Å². The summed E-state index contributed by atoms with van der Waals surface area (Å²) in [6.45, 7) is 2.49. The van der Waals surface area contributed by atoms with E-state index in [9.17, 15) is 0 Å². The standard InChI is InChI=1S/C18H17N3O2/c1-2-14(11-19)22-15-7-5-6-13(10-15)12-20-18-21-16-8-3-4-9-17(16)23-18/h3-10,14H,2,12H2,1H3,(H,20,21). The summed E-state index contributed by atoms with van der Waals surface area (Å²) < 4.78 is 11.2. The molecule has 0 aliphatic heterocycles. The molecular weight excluding hydrogens is 290 g/mol. The lowest BCUT2D eigenvalue weighted by Gasteiger charge is -2.11. The minimum Gasteiger partial charge on any atom is -0.476 e. The van der Waals surface area contributed by atoms with Crippen LogP contribution in [-0.4, -0.2) is 11.1 Å². The van der Waals surface area contributed by atoms with Crippen LogP contribution in [0.4, 0.5) is 6.01 Å². The van der Waals surface area contributed by atoms with Crippen LogP contribution in [0, 0.1) is 11.3 Å². The van der Waals surface area contributed by atoms with Gasteiger partial charge in [-0.1, -0.05) is 31.2 Å². The molecule has 0 aliphatic rings. The van der Waals surface area contributed by atoms with E-state index in [2.05, 4.69) is 16.4 Å². The second-order valence-corrected chi connectivity index (χ2v) is 5.13. The Balaban J connectivity index is 1.67. The fraction of sp³-hybridized carbons (Fsp3) is 0.222. The minimum atomic E-state index is -0.421. The smallest absolute Gasteiger partial charge is 0.295 e. The highest BCUT2D eigenvalue weighted by molar-refractivity contribution is 5.74. The Morgan fingerprint density at radius 3 is 2.91 bits per heavy atom. The Morgan fingerprint density at radius 1 is 1.26 bits per heavy atom. The third-order valence-electron chi connectivity index (χ3n) is 3.43. The van der Waals surface area contributed by atoms with Gasteiger partial charge < -0.3 is 14.5 Å². The van der Waals surface area contributed by atoms with Crippen molar-refractivity contribution in [3.63, 3.8) is 0 Å². The number of aromatic nitrogens is 1. The van der Waals surface area contributed by atoms with Gasteiger partial charge in [-0.3, -0.25) is 0 Å². The van der Waals surface area contributed by atoms with Crippen molar-refractivity contribution in [1.82, 2.24) is 4.98 Å². The van der Waals surface area contributed by atoms with Crippen LogP contribution in [0.2, 0.25) is 0 Å². The van der Waals surface area contributed by atoms with Crippen molar-refractivity contribution in [3.8, 4) is 11.8 Å². The number of anilines is 1. The van der Waals surface area contributed by atoms with E-state index in [4.69, 9.17) is 14.4 Å². The topological polar surface area (TPSA) is 71.1 Å². The molecule has 116 valence electrons. The molecule has 0 radical (unpaired) electrons. The van der Waals surface area contributed by atoms with Gasteiger partial charge in [-0.05, 0) is 36.2 Å². The summed E-state index contributed by atoms with van der Waals surface area (Å²) in [6.07, 6.45) is 0.234. The highest BCUT2D eigenvalue weighted by atomic mass is 16.5. The number of hydrogen-bond acceptors (Lipinski definition) is 5. The van der Waals surface area contributed by atoms with Gasteiger partial charge in [-0.2, -0.15) is 10.2 Å². The zero-order valence-corrected chi connectivity index (χ0v) is 12.8. The summed E-state index contributed by atoms with van der Waals surface area (Å²) in [6, 6.07) is 17.9. The van der Waals surface area contributed by atoms with Crippen molar-refractivity contribution < 1.29 is 9.15 Å². The van der Waals surface area contributed by atoms with E-state index in [0.717, 1.165) is 16.7 Å². The average molecular weight is 307 g/mol. The molecule has 3 rings (SSSR count). The molecule has 1 N–H and O–H groups in total. The van der Waals surface area contributed by atoms with Gasteiger partial charge in [0.15, 0.2) is 11.7 Å². The lowest BCUT2D eigenvalue weighted by atomic mass is 10.2. The molecule has 1 unspecified atom stereocenters. The maximum Gasteiger partial charge on any atom is 0.295 e. The fourth-order valence-corrected chi connectivity index (χ4v) is 2.22. The monoisotopic (exact) mass is 307 g/mol. The lowest BCUT2D eigenvalue weighted by Crippen LogP contribution is -2.12. The molecule has 1 aromatic heterocycles. The van der Waals surface area contributed by atoms with Gasteiger partial charge in [0.05, 0.1) is 0 Å². The number of ether oxygens (including phenoxy) is 1. The van der Waals surface area contributed by atoms with Gasteiger partial charge in [-0.15, -0.1) is 0 Å². The zero-order valence-electron chi connectivity index (χ0n) is 12.8. The molecule has 0 amide bonds. The van der Waals surface area contributed by atoms with Gasteiger partial charge in [0.1, 0.15) is 17.3 Å². The van der Waals surface area contributed by atoms with Gasteiger partial charge in [0.25, 0.3) is 6.01 Å². The first kappa shape index (κ1) is 14.9. The maximum absolute atomic E-state index is 8.97. The van der Waals surface area contributed by atoms with E-state index in [1.54, 1.807) is 0 Å². The summed E-state index contributed by atoms with van der Waals surface area (Å²) >= 11 is 0. The molecule has 0 bridgehead atoms. The molecule has 1 atom stereocenters. The van der Waals surface area contributed by atoms with Gasteiger partial charge >= 0.3 is 0 Å². The first-order valence-corrected chi connectivity index (χ1v) is 7.53. The van der Waals surface area contributed by atoms with Crippen LogP contribution >= 0.6 is 0 Å². The Hall–Kier alpha value is -3.00. The average Bonchev–Trinajstić information content (AvgIpc) is 3.01. The van der Waals surface area contributed by atoms with E-state index in [1.807, 2.05) is 55.5 Å². The third-order valence-corrected chi connectivity index (χ3v) is 3.43. The second kappa shape index (κ2) is 6.84. The molecule has 5 nitrogen and oxygen atoms in total. The molecule has 0 spiro atoms. The van der Waals surface area contributed by atoms with E-state index in [1.165, 1.54) is 0 Å². The van der Waals surface area contributed by atoms with Crippen LogP contribution < -0.4 is 10.1 Å². The van der Waals surface area contributed by atoms with Gasteiger partial charge in [0.2, 0.25) is 0 Å². The van der Waals surface area contributed by atoms with Crippen molar-refractivity contribution in [2.24, 2.45) is 0 Å². The number of nitrogens with one attached hydrogen (secondary N) is 1. The summed E-state index contributed by atoms with van der Waals surface area (Å²) in [4.78, 5) is 4.37. The molecular formula is C18H17N3O2. The molecule has 1 heterocycles. The number of benzene rings is 2. The first-order valence-electron chi connectivity index (χ1n) is 7.53. The van der Waals surface area contributed by atoms with Crippen LogP contribution in [0.15, 0.2) is 52.9 Å². The highest BCUT2D eigenvalue weighted by Gasteiger charge is 2.07. The van der Waals surface area contributed by atoms with Crippen LogP contribution in [0.5, 0.6) is 5.75 Å². The fourth-order valence-electron chi connectivity index (χ4n) is 2.22. The number of nitriles is 1. The van der Waals surface area contributed by atoms with E-state index >= 15 is 0 Å². The number of hydrogen-bond donors (Lipinski definition) is 1. The minimum absolute atomic E-state index is 0.421. The van der Waals surface area contributed by atoms with Crippen LogP contribution in [-0.2, 0) is 6.54 Å². The number of oxazole rings is 1. The van der Waals surface area contributed by atoms with E-state index in [0.29, 0.717) is 24.7 Å². The van der Waals surface area contributed by atoms with Crippen LogP contribution in [0.3, 0.4) is 0 Å². The summed E-state index contributed by atoms with van der Waals surface area (Å²) in [5.41, 5.74) is 2.61. The van der Waals surface area contributed by atoms with Crippen molar-refractivity contribution in [3.05, 3.63) is 54.1 Å². The molecule has 2 aromatic carbocycles. The van der Waals surface area contributed by atoms with Crippen molar-refractivity contribution in [2.75, 3.05) is 5.32 Å². The predicted octanol–water partition coefficient (Wildman–Crippen LogP) is 4.12. The number of para-hydroxylation sites is 2. The first-order chi connectivity index (χ1) is 11.3. The van der Waals surface area contributed by atoms with Crippen molar-refractivity contribution in [1.29, 1.82) is 5.26 Å². The largest absolute Gasteiger partial charge is 0.476 e. The molecule has 0 saturated carbocycles. The second-order valence-electron chi connectivity index (χ2n) is 5.13. The van der Waals surface area contributed by atoms with Crippen molar-refractivity contribution >= 4 is 17.1 Å². The normalized spacial score (nSPS) is 11.8. The molecule has 0 aliphatic carbocycles. The summed E-state index contributed by atoms with van der Waals surface area (Å²) in [7, 11) is 0. The molecule has 23 heavy (non-hydrogen) atoms. The number of nitrogens with zero attached hydrogens (tertiary/aromatic N) is 2. The van der Waals surface area contributed by atoms with Crippen LogP contribution in [0.1, 0.15) is 18.9 Å². The van der Waals surface area contributed by atoms with Crippen molar-refractivity contribution in [2.45, 2.75) is 26.0 Å². The molecule has 3 aromatic rings. The summed E-state index contributed by atoms with van der Waals surface area (Å²) in [5.74, 6) is 0.690. The van der Waals surface area contributed by atoms with Gasteiger partial charge in [-0.25, -0.2) is 0 Å². The summed E-state index contributed by atoms with van der Waals surface area (Å²) in [5, 5.41) is 12.1. The third kappa shape index (κ3) is 3.61. The van der Waals surface area contributed by atoms with Gasteiger partial charge in [0, 0.05) is 6.54 Å². The number of fused-ring (bicyclic) bond motifs is 1. The highest BCUT2D eigenvalue weighted by Crippen LogP contribution is 2.20. The quantitative estimate of drug-likeness (QED) is 0.741. The zero-order chi connectivity index (χ0) is 16.1. The SMILES string of the molecule is CCC(C#N)Oc1cccc(CNc2nc3ccccc3o2)c1. The molecule has 0 saturated heterocycles. The van der Waals surface area contributed by atoms with Crippen LogP contribution in [0.25, 0.3) is 11.1 Å². The molecule has 0 fully saturated rings. The predicted molar refractivity (Wildman–Crippen MR) is 88.1 cm³/mol. The van der Waals surface area contributed by atoms with E-state index in [-0.39, 0.29) is 0 Å². The maximum atomic E-state index is 8.97. The molecule has 5 heteroatoms. The van der Waals surface area contributed by atoms with E-state index < -0.39 is 6.10 Å². The number of rotatable bonds is 6. The Bertz CT molecular complexity index is 802. The lowest BCUT2D eigenvalue weighted by molar-refractivity contribution is 0.251. The Morgan fingerprint density at radius 2 is 2.13 bits per heavy atom. The Kier molecular flexibility index (Phi) is 4.44.